The van der Waals surface area contributed by atoms with Gasteiger partial charge in [-0.2, -0.15) is 0 Å². The highest BCUT2D eigenvalue weighted by molar-refractivity contribution is 7.10. The summed E-state index contributed by atoms with van der Waals surface area (Å²) in [6, 6.07) is 1.84. The summed E-state index contributed by atoms with van der Waals surface area (Å²) in [5.41, 5.74) is 0.408. The number of hydrogen-bond donors (Lipinski definition) is 2. The van der Waals surface area contributed by atoms with E-state index in [1.165, 1.54) is 17.4 Å². The number of carbonyl (C=O) groups is 2. The minimum absolute atomic E-state index is 0.0240. The molecule has 1 rings (SSSR count). The first-order chi connectivity index (χ1) is 8.30. The number of carbonyl (C=O) groups excluding carboxylic acids is 1. The maximum atomic E-state index is 11.7. The van der Waals surface area contributed by atoms with E-state index in [-0.39, 0.29) is 5.91 Å². The quantitative estimate of drug-likeness (QED) is 0.824. The number of hydrogen-bond acceptors (Lipinski definition) is 3. The molecule has 0 aromatic carbocycles. The zero-order valence-electron chi connectivity index (χ0n) is 10.7. The van der Waals surface area contributed by atoms with Gasteiger partial charge in [-0.25, -0.2) is 4.79 Å². The van der Waals surface area contributed by atoms with E-state index in [2.05, 4.69) is 5.32 Å². The van der Waals surface area contributed by atoms with Gasteiger partial charge in [-0.05, 0) is 23.1 Å². The van der Waals surface area contributed by atoms with Crippen molar-refractivity contribution < 1.29 is 14.7 Å². The zero-order valence-corrected chi connectivity index (χ0v) is 11.5. The minimum atomic E-state index is -0.981. The smallest absolute Gasteiger partial charge is 0.328 e. The van der Waals surface area contributed by atoms with Crippen molar-refractivity contribution in [3.63, 3.8) is 0 Å². The highest BCUT2D eigenvalue weighted by Crippen LogP contribution is 2.19. The molecule has 0 saturated carbocycles. The molecule has 0 aliphatic rings. The summed E-state index contributed by atoms with van der Waals surface area (Å²) >= 11 is 1.49. The van der Waals surface area contributed by atoms with Crippen molar-refractivity contribution in [3.05, 3.63) is 28.0 Å². The molecule has 18 heavy (non-hydrogen) atoms. The Morgan fingerprint density at radius 2 is 2.11 bits per heavy atom. The normalized spacial score (nSPS) is 11.7. The Labute approximate surface area is 110 Å². The molecule has 1 aromatic heterocycles. The molecule has 1 aromatic rings. The van der Waals surface area contributed by atoms with Crippen molar-refractivity contribution in [2.45, 2.75) is 27.3 Å². The van der Waals surface area contributed by atoms with E-state index in [0.29, 0.717) is 6.54 Å². The Bertz CT molecular complexity index is 469. The van der Waals surface area contributed by atoms with Crippen molar-refractivity contribution in [2.24, 2.45) is 5.41 Å². The lowest BCUT2D eigenvalue weighted by molar-refractivity contribution is -0.131. The fraction of sp³-hybridized carbons (Fsp3) is 0.385. The SMILES string of the molecule is CC(C)(C)C(=O)NCc1sccc1C=CC(=O)O. The first-order valence-corrected chi connectivity index (χ1v) is 6.44. The van der Waals surface area contributed by atoms with Gasteiger partial charge in [0.2, 0.25) is 5.91 Å². The first-order valence-electron chi connectivity index (χ1n) is 5.56. The van der Waals surface area contributed by atoms with Gasteiger partial charge in [-0.3, -0.25) is 4.79 Å². The van der Waals surface area contributed by atoms with Crippen LogP contribution in [0.4, 0.5) is 0 Å². The standard InChI is InChI=1S/C13H17NO3S/c1-13(2,3)12(17)14-8-10-9(6-7-18-10)4-5-11(15)16/h4-7H,8H2,1-3H3,(H,14,17)(H,15,16). The molecule has 0 fully saturated rings. The molecule has 1 heterocycles. The summed E-state index contributed by atoms with van der Waals surface area (Å²) < 4.78 is 0. The summed E-state index contributed by atoms with van der Waals surface area (Å²) in [7, 11) is 0. The van der Waals surface area contributed by atoms with Gasteiger partial charge < -0.3 is 10.4 Å². The molecule has 2 N–H and O–H groups in total. The third-order valence-corrected chi connectivity index (χ3v) is 3.21. The molecule has 0 unspecified atom stereocenters. The molecule has 4 nitrogen and oxygen atoms in total. The lowest BCUT2D eigenvalue weighted by Gasteiger charge is -2.17. The van der Waals surface area contributed by atoms with Crippen LogP contribution >= 0.6 is 11.3 Å². The molecular formula is C13H17NO3S. The molecule has 0 radical (unpaired) electrons. The van der Waals surface area contributed by atoms with Gasteiger partial charge in [0, 0.05) is 16.4 Å². The molecule has 1 amide bonds. The third-order valence-electron chi connectivity index (χ3n) is 2.28. The molecule has 0 bridgehead atoms. The van der Waals surface area contributed by atoms with Crippen LogP contribution in [0.15, 0.2) is 17.5 Å². The maximum absolute atomic E-state index is 11.7. The number of aliphatic carboxylic acids is 1. The van der Waals surface area contributed by atoms with Crippen LogP contribution in [0.1, 0.15) is 31.2 Å². The summed E-state index contributed by atoms with van der Waals surface area (Å²) in [5.74, 6) is -1.00. The predicted molar refractivity (Wildman–Crippen MR) is 72.3 cm³/mol. The third kappa shape index (κ3) is 4.33. The van der Waals surface area contributed by atoms with E-state index in [1.54, 1.807) is 0 Å². The second kappa shape index (κ2) is 5.82. The second-order valence-corrected chi connectivity index (χ2v) is 5.90. The van der Waals surface area contributed by atoms with Crippen LogP contribution in [0.5, 0.6) is 0 Å². The van der Waals surface area contributed by atoms with Crippen molar-refractivity contribution in [1.29, 1.82) is 0 Å². The average molecular weight is 267 g/mol. The summed E-state index contributed by atoms with van der Waals surface area (Å²) in [6.07, 6.45) is 2.63. The molecule has 0 atom stereocenters. The molecule has 5 heteroatoms. The van der Waals surface area contributed by atoms with E-state index < -0.39 is 11.4 Å². The molecule has 0 saturated heterocycles. The molecular weight excluding hydrogens is 250 g/mol. The topological polar surface area (TPSA) is 66.4 Å². The van der Waals surface area contributed by atoms with Crippen LogP contribution in [-0.2, 0) is 16.1 Å². The summed E-state index contributed by atoms with van der Waals surface area (Å²) in [6.45, 7) is 5.97. The lowest BCUT2D eigenvalue weighted by Crippen LogP contribution is -2.34. The summed E-state index contributed by atoms with van der Waals surface area (Å²) in [4.78, 5) is 23.1. The summed E-state index contributed by atoms with van der Waals surface area (Å²) in [5, 5.41) is 13.3. The van der Waals surface area contributed by atoms with Crippen LogP contribution in [0.2, 0.25) is 0 Å². The molecule has 0 aliphatic carbocycles. The van der Waals surface area contributed by atoms with Crippen LogP contribution in [0, 0.1) is 5.41 Å². The monoisotopic (exact) mass is 267 g/mol. The molecule has 0 aliphatic heterocycles. The van der Waals surface area contributed by atoms with Crippen molar-refractivity contribution >= 4 is 29.3 Å². The van der Waals surface area contributed by atoms with E-state index in [4.69, 9.17) is 5.11 Å². The molecule has 98 valence electrons. The Balaban J connectivity index is 2.67. The van der Waals surface area contributed by atoms with E-state index in [0.717, 1.165) is 16.5 Å². The predicted octanol–water partition coefficient (Wildman–Crippen LogP) is 2.51. The number of nitrogens with one attached hydrogen (secondary N) is 1. The number of carboxylic acids is 1. The van der Waals surface area contributed by atoms with E-state index >= 15 is 0 Å². The van der Waals surface area contributed by atoms with Crippen LogP contribution in [0.25, 0.3) is 6.08 Å². The van der Waals surface area contributed by atoms with Gasteiger partial charge in [0.1, 0.15) is 0 Å². The van der Waals surface area contributed by atoms with Crippen LogP contribution < -0.4 is 5.32 Å². The Morgan fingerprint density at radius 1 is 1.44 bits per heavy atom. The van der Waals surface area contributed by atoms with Gasteiger partial charge >= 0.3 is 5.97 Å². The number of carboxylic acid groups (broad SMARTS) is 1. The zero-order chi connectivity index (χ0) is 13.8. The Kier molecular flexibility index (Phi) is 4.67. The largest absolute Gasteiger partial charge is 0.478 e. The number of thiophene rings is 1. The fourth-order valence-corrected chi connectivity index (χ4v) is 2.04. The van der Waals surface area contributed by atoms with Gasteiger partial charge in [-0.1, -0.05) is 20.8 Å². The van der Waals surface area contributed by atoms with Gasteiger partial charge in [0.05, 0.1) is 6.54 Å². The van der Waals surface area contributed by atoms with E-state index in [9.17, 15) is 9.59 Å². The Hall–Kier alpha value is -1.62. The van der Waals surface area contributed by atoms with Crippen molar-refractivity contribution in [3.8, 4) is 0 Å². The lowest BCUT2D eigenvalue weighted by atomic mass is 9.96. The average Bonchev–Trinajstić information content (AvgIpc) is 2.69. The molecule has 0 spiro atoms. The van der Waals surface area contributed by atoms with Gasteiger partial charge in [0.15, 0.2) is 0 Å². The second-order valence-electron chi connectivity index (χ2n) is 4.90. The Morgan fingerprint density at radius 3 is 2.67 bits per heavy atom. The highest BCUT2D eigenvalue weighted by atomic mass is 32.1. The maximum Gasteiger partial charge on any atom is 0.328 e. The minimum Gasteiger partial charge on any atom is -0.478 e. The number of rotatable bonds is 4. The van der Waals surface area contributed by atoms with Crippen LogP contribution in [0.3, 0.4) is 0 Å². The van der Waals surface area contributed by atoms with Crippen LogP contribution in [-0.4, -0.2) is 17.0 Å². The van der Waals surface area contributed by atoms with Gasteiger partial charge in [0.25, 0.3) is 0 Å². The first kappa shape index (κ1) is 14.4. The van der Waals surface area contributed by atoms with E-state index in [1.807, 2.05) is 32.2 Å². The van der Waals surface area contributed by atoms with Crippen molar-refractivity contribution in [2.75, 3.05) is 0 Å². The van der Waals surface area contributed by atoms with Gasteiger partial charge in [-0.15, -0.1) is 11.3 Å². The highest BCUT2D eigenvalue weighted by Gasteiger charge is 2.20. The number of amides is 1. The van der Waals surface area contributed by atoms with Crippen molar-refractivity contribution in [1.82, 2.24) is 5.32 Å². The fourth-order valence-electron chi connectivity index (χ4n) is 1.23.